The molecule has 0 radical (unpaired) electrons. The van der Waals surface area contributed by atoms with E-state index in [1.807, 2.05) is 0 Å². The second-order valence-corrected chi connectivity index (χ2v) is 0.471. The fourth-order valence-electron chi connectivity index (χ4n) is 0. The van der Waals surface area contributed by atoms with Crippen LogP contribution in [0.2, 0.25) is 0 Å². The first kappa shape index (κ1) is 8.94. The number of rotatable bonds is 1. The van der Waals surface area contributed by atoms with E-state index in [1.165, 1.54) is 0 Å². The molecule has 0 amide bonds. The summed E-state index contributed by atoms with van der Waals surface area (Å²) < 4.78 is 0. The van der Waals surface area contributed by atoms with E-state index in [2.05, 4.69) is 13.2 Å². The van der Waals surface area contributed by atoms with Crippen molar-refractivity contribution in [3.8, 4) is 0 Å². The van der Waals surface area contributed by atoms with Crippen LogP contribution in [0.5, 0.6) is 0 Å². The third kappa shape index (κ3) is 14.6. The van der Waals surface area contributed by atoms with Gasteiger partial charge in [-0.1, -0.05) is 25.3 Å². The summed E-state index contributed by atoms with van der Waals surface area (Å²) in [5.74, 6) is 0. The number of hydrogen-bond acceptors (Lipinski definition) is 0. The van der Waals surface area contributed by atoms with E-state index in [1.54, 1.807) is 12.2 Å². The first-order valence-electron chi connectivity index (χ1n) is 1.15. The molecule has 5 heavy (non-hydrogen) atoms. The van der Waals surface area contributed by atoms with E-state index in [9.17, 15) is 0 Å². The molecule has 0 saturated carbocycles. The van der Waals surface area contributed by atoms with Crippen molar-refractivity contribution >= 4 is 0 Å². The minimum Gasteiger partial charge on any atom is -0.0991 e. The fraction of sp³-hybridized carbons (Fsp3) is 0. The number of allylic oxidation sites excluding steroid dienone is 2. The number of hydrogen-bond donors (Lipinski definition) is 0. The molecule has 0 aliphatic carbocycles. The third-order valence-electron chi connectivity index (χ3n) is 0.167. The van der Waals surface area contributed by atoms with Crippen LogP contribution < -0.4 is 0 Å². The Bertz CT molecular complexity index is 24.6. The van der Waals surface area contributed by atoms with Crippen LogP contribution in [0.3, 0.4) is 0 Å². The Balaban J connectivity index is 0. The van der Waals surface area contributed by atoms with Crippen molar-refractivity contribution in [2.75, 3.05) is 0 Å². The average Bonchev–Trinajstić information content (AvgIpc) is 1.37. The van der Waals surface area contributed by atoms with Crippen LogP contribution >= 0.6 is 0 Å². The maximum absolute atomic E-state index is 3.36. The van der Waals surface area contributed by atoms with Gasteiger partial charge in [0.15, 0.2) is 0 Å². The first-order valence-corrected chi connectivity index (χ1v) is 1.15. The quantitative estimate of drug-likeness (QED) is 0.401. The molecule has 30 valence electrons. The zero-order valence-electron chi connectivity index (χ0n) is 2.89. The van der Waals surface area contributed by atoms with Crippen molar-refractivity contribution in [3.63, 3.8) is 0 Å². The van der Waals surface area contributed by atoms with E-state index in [0.717, 1.165) is 0 Å². The van der Waals surface area contributed by atoms with Crippen LogP contribution in [0.4, 0.5) is 0 Å². The van der Waals surface area contributed by atoms with Gasteiger partial charge >= 0.3 is 20.4 Å². The minimum atomic E-state index is 0. The Labute approximate surface area is 46.2 Å². The standard InChI is InChI=1S/C4H6.Pd/c1-3-4-2;/h3-4H,1-2H2;/q;+2. The van der Waals surface area contributed by atoms with Gasteiger partial charge in [-0.2, -0.15) is 0 Å². The van der Waals surface area contributed by atoms with Crippen molar-refractivity contribution in [3.05, 3.63) is 25.3 Å². The molecule has 0 nitrogen and oxygen atoms in total. The second kappa shape index (κ2) is 8.91. The third-order valence-corrected chi connectivity index (χ3v) is 0.167. The maximum Gasteiger partial charge on any atom is 2.00 e. The summed E-state index contributed by atoms with van der Waals surface area (Å²) in [7, 11) is 0. The SMILES string of the molecule is C=CC=C.[Pd+2]. The van der Waals surface area contributed by atoms with Gasteiger partial charge in [0, 0.05) is 0 Å². The predicted molar refractivity (Wildman–Crippen MR) is 20.4 cm³/mol. The normalized spacial score (nSPS) is 4.00. The zero-order chi connectivity index (χ0) is 3.41. The Morgan fingerprint density at radius 2 is 1.20 bits per heavy atom. The second-order valence-electron chi connectivity index (χ2n) is 0.471. The smallest absolute Gasteiger partial charge is 0.0991 e. The van der Waals surface area contributed by atoms with Crippen LogP contribution in [0.25, 0.3) is 0 Å². The Kier molecular flexibility index (Phi) is 15.9. The molecule has 1 heteroatoms. The van der Waals surface area contributed by atoms with E-state index in [4.69, 9.17) is 0 Å². The monoisotopic (exact) mass is 160 g/mol. The molecule has 0 atom stereocenters. The van der Waals surface area contributed by atoms with Gasteiger partial charge in [0.2, 0.25) is 0 Å². The Morgan fingerprint density at radius 1 is 1.00 bits per heavy atom. The Hall–Kier alpha value is 0.142. The van der Waals surface area contributed by atoms with E-state index < -0.39 is 0 Å². The molecule has 0 fully saturated rings. The molecular formula is C4H6Pd+2. The van der Waals surface area contributed by atoms with Crippen molar-refractivity contribution in [1.29, 1.82) is 0 Å². The average molecular weight is 161 g/mol. The molecule has 0 saturated heterocycles. The van der Waals surface area contributed by atoms with Gasteiger partial charge in [-0.25, -0.2) is 0 Å². The van der Waals surface area contributed by atoms with Gasteiger partial charge < -0.3 is 0 Å². The van der Waals surface area contributed by atoms with Crippen LogP contribution in [0, 0.1) is 0 Å². The summed E-state index contributed by atoms with van der Waals surface area (Å²) in [6.45, 7) is 6.72. The summed E-state index contributed by atoms with van der Waals surface area (Å²) in [5.41, 5.74) is 0. The van der Waals surface area contributed by atoms with Gasteiger partial charge in [-0.3, -0.25) is 0 Å². The molecule has 0 bridgehead atoms. The van der Waals surface area contributed by atoms with E-state index in [0.29, 0.717) is 0 Å². The van der Waals surface area contributed by atoms with E-state index in [-0.39, 0.29) is 20.4 Å². The van der Waals surface area contributed by atoms with Crippen LogP contribution in [-0.2, 0) is 20.4 Å². The van der Waals surface area contributed by atoms with Crippen molar-refractivity contribution < 1.29 is 20.4 Å². The summed E-state index contributed by atoms with van der Waals surface area (Å²) in [5, 5.41) is 0. The molecule has 0 aliphatic heterocycles. The van der Waals surface area contributed by atoms with Gasteiger partial charge in [0.05, 0.1) is 0 Å². The van der Waals surface area contributed by atoms with Gasteiger partial charge in [0.1, 0.15) is 0 Å². The predicted octanol–water partition coefficient (Wildman–Crippen LogP) is 1.36. The molecule has 0 unspecified atom stereocenters. The van der Waals surface area contributed by atoms with Gasteiger partial charge in [-0.15, -0.1) is 0 Å². The molecule has 0 aromatic heterocycles. The summed E-state index contributed by atoms with van der Waals surface area (Å²) in [4.78, 5) is 0. The largest absolute Gasteiger partial charge is 2.00 e. The zero-order valence-corrected chi connectivity index (χ0v) is 4.44. The molecule has 0 aliphatic rings. The Morgan fingerprint density at radius 3 is 1.20 bits per heavy atom. The maximum atomic E-state index is 3.36. The topological polar surface area (TPSA) is 0 Å². The first-order chi connectivity index (χ1) is 1.91. The van der Waals surface area contributed by atoms with Crippen molar-refractivity contribution in [1.82, 2.24) is 0 Å². The molecule has 0 heterocycles. The molecule has 0 spiro atoms. The molecule has 0 N–H and O–H groups in total. The van der Waals surface area contributed by atoms with Crippen molar-refractivity contribution in [2.45, 2.75) is 0 Å². The molecule has 0 aromatic rings. The van der Waals surface area contributed by atoms with Crippen LogP contribution in [-0.4, -0.2) is 0 Å². The van der Waals surface area contributed by atoms with Gasteiger partial charge in [0.25, 0.3) is 0 Å². The van der Waals surface area contributed by atoms with Gasteiger partial charge in [-0.05, 0) is 0 Å². The minimum absolute atomic E-state index is 0. The van der Waals surface area contributed by atoms with Crippen LogP contribution in [0.1, 0.15) is 0 Å². The summed E-state index contributed by atoms with van der Waals surface area (Å²) in [6, 6.07) is 0. The van der Waals surface area contributed by atoms with Crippen LogP contribution in [0.15, 0.2) is 25.3 Å². The summed E-state index contributed by atoms with van der Waals surface area (Å²) >= 11 is 0. The fourth-order valence-corrected chi connectivity index (χ4v) is 0. The molecule has 0 aromatic carbocycles. The molecular weight excluding hydrogens is 154 g/mol. The molecule has 0 rings (SSSR count). The van der Waals surface area contributed by atoms with Crippen molar-refractivity contribution in [2.24, 2.45) is 0 Å². The van der Waals surface area contributed by atoms with E-state index >= 15 is 0 Å². The summed E-state index contributed by atoms with van der Waals surface area (Å²) in [6.07, 6.45) is 3.28.